The molecular formula is C88H104Mn2N2OSi2. The van der Waals surface area contributed by atoms with Crippen molar-refractivity contribution in [2.45, 2.75) is 180 Å². The third-order valence-corrected chi connectivity index (χ3v) is 32.5. The van der Waals surface area contributed by atoms with Crippen molar-refractivity contribution in [3.8, 4) is 0 Å². The Bertz CT molecular complexity index is 3180. The fraction of sp³-hybridized carbons (Fsp3) is 0.318. The van der Waals surface area contributed by atoms with Gasteiger partial charge in [-0.2, -0.15) is 0 Å². The van der Waals surface area contributed by atoms with E-state index >= 15 is 0 Å². The fourth-order valence-electron chi connectivity index (χ4n) is 15.7. The molecule has 0 atom stereocenters. The molecule has 0 aliphatic heterocycles. The van der Waals surface area contributed by atoms with Gasteiger partial charge in [0.05, 0.1) is 0 Å². The molecule has 0 bridgehead atoms. The van der Waals surface area contributed by atoms with Crippen molar-refractivity contribution in [3.63, 3.8) is 0 Å². The molecule has 0 aromatic heterocycles. The van der Waals surface area contributed by atoms with Crippen LogP contribution < -0.4 is 0 Å². The monoisotopic (exact) mass is 1370 g/mol. The largest absolute Gasteiger partial charge is 2.00 e. The Balaban J connectivity index is 0.000000292. The zero-order valence-electron chi connectivity index (χ0n) is 59.4. The number of rotatable bonds is 24. The molecule has 7 heteroatoms. The van der Waals surface area contributed by atoms with E-state index in [1.165, 1.54) is 89.3 Å². The average molecular weight is 1370 g/mol. The standard InChI is InChI=1S/2C44H52NSi.2Mn.O/c2*1-31(2)39-29-40(42(35-21-13-9-14-22-35)36-23-15-10-16-24-36)44(45-46(32(3)4,33(5)6)34(7)8)41(30-39)43(37-25-17-11-18-26-37)38-27-19-12-20-28-38;;;/h2*9-34,42-43H,1-8H3;;;/q2*-1;2*+2;-2. The van der Waals surface area contributed by atoms with Gasteiger partial charge in [0.25, 0.3) is 0 Å². The fourth-order valence-corrected chi connectivity index (χ4v) is 26.6. The van der Waals surface area contributed by atoms with Crippen LogP contribution >= 0.6 is 0 Å². The van der Waals surface area contributed by atoms with Crippen molar-refractivity contribution < 1.29 is 39.6 Å². The first-order valence-corrected chi connectivity index (χ1v) is 38.9. The van der Waals surface area contributed by atoms with Gasteiger partial charge in [-0.05, 0) is 83.9 Å². The summed E-state index contributed by atoms with van der Waals surface area (Å²) in [6.45, 7) is 38.4. The van der Waals surface area contributed by atoms with E-state index in [-0.39, 0.29) is 63.3 Å². The summed E-state index contributed by atoms with van der Waals surface area (Å²) < 4.78 is 0. The van der Waals surface area contributed by atoms with Crippen LogP contribution in [0.5, 0.6) is 0 Å². The summed E-state index contributed by atoms with van der Waals surface area (Å²) in [5.41, 5.74) is 23.9. The minimum atomic E-state index is -2.25. The van der Waals surface area contributed by atoms with Gasteiger partial charge in [-0.3, -0.25) is 0 Å². The molecule has 0 fully saturated rings. The van der Waals surface area contributed by atoms with Gasteiger partial charge >= 0.3 is 34.1 Å². The Morgan fingerprint density at radius 1 is 0.211 bits per heavy atom. The number of hydrogen-bond donors (Lipinski definition) is 0. The first-order valence-electron chi connectivity index (χ1n) is 34.5. The smallest absolute Gasteiger partial charge is 2.00 e. The predicted molar refractivity (Wildman–Crippen MR) is 405 cm³/mol. The van der Waals surface area contributed by atoms with Crippen LogP contribution in [0.25, 0.3) is 9.96 Å². The van der Waals surface area contributed by atoms with Gasteiger partial charge < -0.3 is 15.4 Å². The zero-order valence-corrected chi connectivity index (χ0v) is 63.8. The number of benzene rings is 10. The summed E-state index contributed by atoms with van der Waals surface area (Å²) in [7, 11) is -4.49. The third kappa shape index (κ3) is 17.3. The minimum absolute atomic E-state index is 0. The van der Waals surface area contributed by atoms with Crippen molar-refractivity contribution in [2.75, 3.05) is 0 Å². The Labute approximate surface area is 597 Å². The van der Waals surface area contributed by atoms with Gasteiger partial charge in [0.2, 0.25) is 0 Å². The molecule has 10 aromatic carbocycles. The summed E-state index contributed by atoms with van der Waals surface area (Å²) in [5.74, 6) is 0.974. The van der Waals surface area contributed by atoms with Crippen molar-refractivity contribution >= 4 is 27.8 Å². The Hall–Kier alpha value is -6.77. The zero-order chi connectivity index (χ0) is 65.7. The second-order valence-electron chi connectivity index (χ2n) is 28.3. The minimum Gasteiger partial charge on any atom is -2.00 e. The van der Waals surface area contributed by atoms with Crippen LogP contribution in [-0.4, -0.2) is 16.5 Å². The van der Waals surface area contributed by atoms with Crippen LogP contribution in [0.15, 0.2) is 267 Å². The van der Waals surface area contributed by atoms with E-state index in [0.29, 0.717) is 45.1 Å². The molecule has 0 amide bonds. The molecule has 494 valence electrons. The molecule has 0 aliphatic rings. The van der Waals surface area contributed by atoms with E-state index in [2.05, 4.69) is 378 Å². The van der Waals surface area contributed by atoms with Crippen LogP contribution in [0.1, 0.15) is 224 Å². The van der Waals surface area contributed by atoms with E-state index < -0.39 is 16.5 Å². The van der Waals surface area contributed by atoms with Gasteiger partial charge in [-0.15, -0.1) is 11.4 Å². The summed E-state index contributed by atoms with van der Waals surface area (Å²) in [5, 5.41) is 0. The van der Waals surface area contributed by atoms with Gasteiger partial charge in [0, 0.05) is 23.7 Å². The molecule has 10 aromatic rings. The summed E-state index contributed by atoms with van der Waals surface area (Å²) in [4.78, 5) is 12.5. The van der Waals surface area contributed by atoms with Gasteiger partial charge in [0.15, 0.2) is 0 Å². The van der Waals surface area contributed by atoms with Crippen LogP contribution in [0.3, 0.4) is 0 Å². The van der Waals surface area contributed by atoms with Crippen molar-refractivity contribution in [1.29, 1.82) is 0 Å². The van der Waals surface area contributed by atoms with Crippen molar-refractivity contribution in [2.24, 2.45) is 0 Å². The Morgan fingerprint density at radius 2 is 0.347 bits per heavy atom. The quantitative estimate of drug-likeness (QED) is 0.0428. The maximum absolute atomic E-state index is 6.27. The molecule has 0 unspecified atom stereocenters. The van der Waals surface area contributed by atoms with Crippen LogP contribution in [0.4, 0.5) is 11.4 Å². The molecular weight excluding hydrogens is 1270 g/mol. The maximum atomic E-state index is 6.27. The van der Waals surface area contributed by atoms with E-state index in [1.54, 1.807) is 0 Å². The molecule has 0 heterocycles. The second-order valence-corrected chi connectivity index (χ2v) is 39.3. The van der Waals surface area contributed by atoms with Crippen LogP contribution in [-0.2, 0) is 39.6 Å². The first-order chi connectivity index (χ1) is 44.3. The van der Waals surface area contributed by atoms with E-state index in [1.807, 2.05) is 0 Å². The molecule has 0 spiro atoms. The van der Waals surface area contributed by atoms with E-state index in [0.717, 1.165) is 0 Å². The molecule has 0 saturated heterocycles. The molecule has 0 saturated carbocycles. The Morgan fingerprint density at radius 3 is 0.463 bits per heavy atom. The van der Waals surface area contributed by atoms with E-state index in [9.17, 15) is 0 Å². The topological polar surface area (TPSA) is 56.7 Å². The second kappa shape index (κ2) is 35.5. The maximum Gasteiger partial charge on any atom is 2.00 e. The summed E-state index contributed by atoms with van der Waals surface area (Å²) in [6.07, 6.45) is 0. The van der Waals surface area contributed by atoms with Crippen molar-refractivity contribution in [1.82, 2.24) is 0 Å². The molecule has 0 N–H and O–H groups in total. The first kappa shape index (κ1) is 77.2. The molecule has 2 radical (unpaired) electrons. The normalized spacial score (nSPS) is 11.8. The molecule has 3 nitrogen and oxygen atoms in total. The van der Waals surface area contributed by atoms with Gasteiger partial charge in [-0.1, -0.05) is 433 Å². The average Bonchev–Trinajstić information content (AvgIpc) is 0.751. The Kier molecular flexibility index (Phi) is 28.8. The molecule has 95 heavy (non-hydrogen) atoms. The van der Waals surface area contributed by atoms with E-state index in [4.69, 9.17) is 9.96 Å². The van der Waals surface area contributed by atoms with Crippen LogP contribution in [0.2, 0.25) is 33.2 Å². The van der Waals surface area contributed by atoms with Crippen molar-refractivity contribution in [3.05, 3.63) is 355 Å². The summed E-state index contributed by atoms with van der Waals surface area (Å²) in [6, 6.07) is 98.7. The third-order valence-electron chi connectivity index (χ3n) is 20.2. The number of hydrogen-bond acceptors (Lipinski definition) is 0. The van der Waals surface area contributed by atoms with Gasteiger partial charge in [-0.25, -0.2) is 0 Å². The van der Waals surface area contributed by atoms with Crippen LogP contribution in [0, 0.1) is 0 Å². The predicted octanol–water partition coefficient (Wildman–Crippen LogP) is 26.6. The van der Waals surface area contributed by atoms with Gasteiger partial charge in [0.1, 0.15) is 0 Å². The molecule has 0 aliphatic carbocycles. The summed E-state index contributed by atoms with van der Waals surface area (Å²) >= 11 is 0. The SMILES string of the molecule is CC(C)c1cc(C(c2ccccc2)c2ccccc2)c([N-][Si](C(C)C)(C(C)C)C(C)C)c(C(c2ccccc2)c2ccccc2)c1.CC(C)c1cc(C(c2ccccc2)c2ccccc2)c([N-][Si](C(C)C)(C(C)C)C(C)C)c(C(c2ccccc2)c2ccccc2)c1.[Mn+2].[Mn+2].[O-2]. The number of nitrogens with zero attached hydrogens (tertiary/aromatic N) is 2. The molecule has 10 rings (SSSR count).